The molecule has 4 nitrogen and oxygen atoms in total. The summed E-state index contributed by atoms with van der Waals surface area (Å²) < 4.78 is 5.00. The molecule has 1 heterocycles. The fourth-order valence-electron chi connectivity index (χ4n) is 0.952. The van der Waals surface area contributed by atoms with Gasteiger partial charge in [-0.25, -0.2) is 0 Å². The standard InChI is InChI=1S/C9H14N2O2S/c1-11(4-2-3-10)9(12)7-14-8-5-13-6-8/h8H,2,4-7H2,1H3. The topological polar surface area (TPSA) is 53.3 Å². The summed E-state index contributed by atoms with van der Waals surface area (Å²) in [4.78, 5) is 13.1. The first-order valence-electron chi connectivity index (χ1n) is 4.54. The Morgan fingerprint density at radius 3 is 2.93 bits per heavy atom. The highest BCUT2D eigenvalue weighted by atomic mass is 32.2. The number of thioether (sulfide) groups is 1. The van der Waals surface area contributed by atoms with E-state index in [2.05, 4.69) is 0 Å². The molecular weight excluding hydrogens is 200 g/mol. The zero-order valence-corrected chi connectivity index (χ0v) is 9.05. The molecule has 0 aromatic heterocycles. The van der Waals surface area contributed by atoms with Gasteiger partial charge in [-0.1, -0.05) is 0 Å². The normalized spacial score (nSPS) is 15.7. The summed E-state index contributed by atoms with van der Waals surface area (Å²) in [5, 5.41) is 8.84. The molecule has 1 fully saturated rings. The van der Waals surface area contributed by atoms with Gasteiger partial charge in [-0.3, -0.25) is 4.79 Å². The van der Waals surface area contributed by atoms with Crippen LogP contribution in [0.25, 0.3) is 0 Å². The molecule has 1 rings (SSSR count). The third-order valence-electron chi connectivity index (χ3n) is 2.03. The first kappa shape index (κ1) is 11.3. The van der Waals surface area contributed by atoms with E-state index in [4.69, 9.17) is 10.00 Å². The molecule has 1 saturated heterocycles. The zero-order valence-electron chi connectivity index (χ0n) is 8.23. The molecule has 0 radical (unpaired) electrons. The predicted molar refractivity (Wildman–Crippen MR) is 54.9 cm³/mol. The van der Waals surface area contributed by atoms with Crippen molar-refractivity contribution in [1.29, 1.82) is 5.26 Å². The summed E-state index contributed by atoms with van der Waals surface area (Å²) in [7, 11) is 1.73. The van der Waals surface area contributed by atoms with E-state index in [0.29, 0.717) is 24.0 Å². The lowest BCUT2D eigenvalue weighted by Gasteiger charge is -2.25. The van der Waals surface area contributed by atoms with Crippen LogP contribution in [0, 0.1) is 11.3 Å². The summed E-state index contributed by atoms with van der Waals surface area (Å²) in [6.07, 6.45) is 0.402. The van der Waals surface area contributed by atoms with Gasteiger partial charge in [-0.15, -0.1) is 11.8 Å². The molecule has 1 aliphatic heterocycles. The van der Waals surface area contributed by atoms with Gasteiger partial charge in [0.1, 0.15) is 0 Å². The molecule has 0 bridgehead atoms. The second-order valence-electron chi connectivity index (χ2n) is 3.19. The van der Waals surface area contributed by atoms with Crippen LogP contribution in [0.4, 0.5) is 0 Å². The van der Waals surface area contributed by atoms with Crippen LogP contribution in [-0.4, -0.2) is 48.6 Å². The van der Waals surface area contributed by atoms with Crippen LogP contribution in [0.3, 0.4) is 0 Å². The Morgan fingerprint density at radius 1 is 1.71 bits per heavy atom. The van der Waals surface area contributed by atoms with Gasteiger partial charge in [0.15, 0.2) is 0 Å². The van der Waals surface area contributed by atoms with Gasteiger partial charge in [0, 0.05) is 13.6 Å². The van der Waals surface area contributed by atoms with Gasteiger partial charge in [0.05, 0.1) is 36.7 Å². The Morgan fingerprint density at radius 2 is 2.43 bits per heavy atom. The number of hydrogen-bond acceptors (Lipinski definition) is 4. The molecule has 14 heavy (non-hydrogen) atoms. The Labute approximate surface area is 88.2 Å². The van der Waals surface area contributed by atoms with Crippen LogP contribution in [-0.2, 0) is 9.53 Å². The number of carbonyl (C=O) groups excluding carboxylic acids is 1. The fourth-order valence-corrected chi connectivity index (χ4v) is 1.94. The van der Waals surface area contributed by atoms with Crippen molar-refractivity contribution in [3.63, 3.8) is 0 Å². The molecule has 0 aromatic rings. The van der Waals surface area contributed by atoms with Crippen molar-refractivity contribution in [3.05, 3.63) is 0 Å². The highest BCUT2D eigenvalue weighted by molar-refractivity contribution is 8.00. The number of rotatable bonds is 5. The van der Waals surface area contributed by atoms with Crippen LogP contribution in [0.5, 0.6) is 0 Å². The monoisotopic (exact) mass is 214 g/mol. The van der Waals surface area contributed by atoms with Crippen molar-refractivity contribution in [2.45, 2.75) is 11.7 Å². The molecule has 0 aliphatic carbocycles. The van der Waals surface area contributed by atoms with Gasteiger partial charge in [-0.05, 0) is 0 Å². The third-order valence-corrected chi connectivity index (χ3v) is 3.19. The van der Waals surface area contributed by atoms with Crippen molar-refractivity contribution >= 4 is 17.7 Å². The number of amides is 1. The molecule has 0 saturated carbocycles. The number of hydrogen-bond donors (Lipinski definition) is 0. The maximum Gasteiger partial charge on any atom is 0.232 e. The quantitative estimate of drug-likeness (QED) is 0.668. The molecule has 0 N–H and O–H groups in total. The van der Waals surface area contributed by atoms with Crippen molar-refractivity contribution in [3.8, 4) is 6.07 Å². The summed E-state index contributed by atoms with van der Waals surface area (Å²) in [5.41, 5.74) is 0. The Kier molecular flexibility index (Phi) is 4.77. The number of carbonyl (C=O) groups is 1. The van der Waals surface area contributed by atoms with Gasteiger partial charge in [0.2, 0.25) is 5.91 Å². The molecule has 0 aromatic carbocycles. The smallest absolute Gasteiger partial charge is 0.232 e. The molecule has 1 amide bonds. The van der Waals surface area contributed by atoms with Crippen molar-refractivity contribution < 1.29 is 9.53 Å². The molecule has 1 aliphatic rings. The van der Waals surface area contributed by atoms with E-state index in [1.54, 1.807) is 23.7 Å². The summed E-state index contributed by atoms with van der Waals surface area (Å²) >= 11 is 1.63. The SMILES string of the molecule is CN(CCC#N)C(=O)CSC1COC1. The number of nitrogens with zero attached hydrogens (tertiary/aromatic N) is 2. The van der Waals surface area contributed by atoms with Gasteiger partial charge in [0.25, 0.3) is 0 Å². The second-order valence-corrected chi connectivity index (χ2v) is 4.48. The van der Waals surface area contributed by atoms with Crippen LogP contribution in [0.2, 0.25) is 0 Å². The fraction of sp³-hybridized carbons (Fsp3) is 0.778. The highest BCUT2D eigenvalue weighted by Crippen LogP contribution is 2.18. The van der Waals surface area contributed by atoms with E-state index in [0.717, 1.165) is 13.2 Å². The van der Waals surface area contributed by atoms with E-state index >= 15 is 0 Å². The zero-order chi connectivity index (χ0) is 10.4. The average Bonchev–Trinajstić information content (AvgIpc) is 2.11. The first-order chi connectivity index (χ1) is 6.74. The minimum absolute atomic E-state index is 0.0946. The van der Waals surface area contributed by atoms with Crippen LogP contribution < -0.4 is 0 Å². The third kappa shape index (κ3) is 3.56. The van der Waals surface area contributed by atoms with Crippen molar-refractivity contribution in [2.24, 2.45) is 0 Å². The second kappa shape index (κ2) is 5.89. The van der Waals surface area contributed by atoms with Gasteiger partial charge < -0.3 is 9.64 Å². The minimum atomic E-state index is 0.0946. The van der Waals surface area contributed by atoms with Crippen LogP contribution in [0.15, 0.2) is 0 Å². The molecule has 78 valence electrons. The molecular formula is C9H14N2O2S. The molecule has 0 unspecified atom stereocenters. The largest absolute Gasteiger partial charge is 0.379 e. The lowest BCUT2D eigenvalue weighted by atomic mass is 10.4. The predicted octanol–water partition coefficient (Wildman–Crippen LogP) is 0.490. The maximum atomic E-state index is 11.4. The van der Waals surface area contributed by atoms with E-state index in [9.17, 15) is 4.79 Å². The number of nitriles is 1. The van der Waals surface area contributed by atoms with Crippen molar-refractivity contribution in [1.82, 2.24) is 4.90 Å². The van der Waals surface area contributed by atoms with E-state index in [-0.39, 0.29) is 5.91 Å². The van der Waals surface area contributed by atoms with E-state index in [1.165, 1.54) is 0 Å². The first-order valence-corrected chi connectivity index (χ1v) is 5.59. The average molecular weight is 214 g/mol. The van der Waals surface area contributed by atoms with Crippen LogP contribution in [0.1, 0.15) is 6.42 Å². The summed E-state index contributed by atoms with van der Waals surface area (Å²) in [6.45, 7) is 2.05. The van der Waals surface area contributed by atoms with Crippen molar-refractivity contribution in [2.75, 3.05) is 32.6 Å². The van der Waals surface area contributed by atoms with Crippen LogP contribution >= 0.6 is 11.8 Å². The Bertz CT molecular complexity index is 235. The maximum absolute atomic E-state index is 11.4. The van der Waals surface area contributed by atoms with E-state index < -0.39 is 0 Å². The highest BCUT2D eigenvalue weighted by Gasteiger charge is 2.20. The summed E-state index contributed by atoms with van der Waals surface area (Å²) in [6, 6.07) is 2.02. The molecule has 0 atom stereocenters. The lowest BCUT2D eigenvalue weighted by Crippen LogP contribution is -2.34. The summed E-state index contributed by atoms with van der Waals surface area (Å²) in [5.74, 6) is 0.591. The minimum Gasteiger partial charge on any atom is -0.379 e. The van der Waals surface area contributed by atoms with E-state index in [1.807, 2.05) is 6.07 Å². The Balaban J connectivity index is 2.10. The van der Waals surface area contributed by atoms with Gasteiger partial charge >= 0.3 is 0 Å². The molecule has 0 spiro atoms. The molecule has 5 heteroatoms. The number of ether oxygens (including phenoxy) is 1. The lowest BCUT2D eigenvalue weighted by molar-refractivity contribution is -0.127. The Hall–Kier alpha value is -0.730. The van der Waals surface area contributed by atoms with Gasteiger partial charge in [-0.2, -0.15) is 5.26 Å².